The van der Waals surface area contributed by atoms with E-state index in [1.165, 1.54) is 17.7 Å². The summed E-state index contributed by atoms with van der Waals surface area (Å²) in [6.45, 7) is 0.837. The Morgan fingerprint density at radius 1 is 1.18 bits per heavy atom. The van der Waals surface area contributed by atoms with Crippen LogP contribution in [0.3, 0.4) is 0 Å². The van der Waals surface area contributed by atoms with Gasteiger partial charge in [0.15, 0.2) is 0 Å². The first-order valence-corrected chi connectivity index (χ1v) is 9.01. The van der Waals surface area contributed by atoms with Crippen LogP contribution >= 0.6 is 0 Å². The van der Waals surface area contributed by atoms with Crippen molar-refractivity contribution < 1.29 is 13.6 Å². The maximum Gasteiger partial charge on any atom is 0.332 e. The second-order valence-corrected chi connectivity index (χ2v) is 6.98. The molecule has 0 aliphatic carbocycles. The third-order valence-corrected chi connectivity index (χ3v) is 5.08. The van der Waals surface area contributed by atoms with E-state index < -0.39 is 22.9 Å². The molecule has 1 aliphatic heterocycles. The van der Waals surface area contributed by atoms with Gasteiger partial charge in [0.25, 0.3) is 5.56 Å². The minimum Gasteiger partial charge on any atom is -0.357 e. The van der Waals surface area contributed by atoms with Crippen LogP contribution in [0.25, 0.3) is 0 Å². The maximum atomic E-state index is 13.7. The van der Waals surface area contributed by atoms with E-state index in [0.29, 0.717) is 31.7 Å². The second kappa shape index (κ2) is 7.95. The molecule has 2 heterocycles. The predicted octanol–water partition coefficient (Wildman–Crippen LogP) is 0.895. The van der Waals surface area contributed by atoms with Crippen LogP contribution in [0.1, 0.15) is 18.4 Å². The van der Waals surface area contributed by atoms with E-state index in [2.05, 4.69) is 5.32 Å². The van der Waals surface area contributed by atoms with Gasteiger partial charge < -0.3 is 10.2 Å². The van der Waals surface area contributed by atoms with Crippen LogP contribution in [-0.4, -0.2) is 28.1 Å². The van der Waals surface area contributed by atoms with Crippen molar-refractivity contribution in [1.82, 2.24) is 14.5 Å². The lowest BCUT2D eigenvalue weighted by Crippen LogP contribution is -2.46. The average Bonchev–Trinajstić information content (AvgIpc) is 2.69. The molecule has 1 aromatic heterocycles. The highest BCUT2D eigenvalue weighted by atomic mass is 19.1. The summed E-state index contributed by atoms with van der Waals surface area (Å²) in [5.41, 5.74) is -0.767. The van der Waals surface area contributed by atoms with Gasteiger partial charge in [-0.3, -0.25) is 18.7 Å². The lowest BCUT2D eigenvalue weighted by molar-refractivity contribution is -0.125. The van der Waals surface area contributed by atoms with Gasteiger partial charge in [-0.25, -0.2) is 13.6 Å². The van der Waals surface area contributed by atoms with Crippen LogP contribution in [-0.2, 0) is 25.4 Å². The van der Waals surface area contributed by atoms with Crippen molar-refractivity contribution in [3.8, 4) is 0 Å². The summed E-state index contributed by atoms with van der Waals surface area (Å²) >= 11 is 0. The molecule has 1 N–H and O–H groups in total. The van der Waals surface area contributed by atoms with Crippen LogP contribution in [0.2, 0.25) is 0 Å². The van der Waals surface area contributed by atoms with Crippen molar-refractivity contribution in [2.75, 3.05) is 18.0 Å². The molecule has 9 heteroatoms. The van der Waals surface area contributed by atoms with E-state index in [0.717, 1.165) is 22.8 Å². The number of carbonyl (C=O) groups excluding carboxylic acids is 1. The van der Waals surface area contributed by atoms with Crippen LogP contribution < -0.4 is 21.5 Å². The van der Waals surface area contributed by atoms with E-state index in [1.807, 2.05) is 4.90 Å². The molecule has 1 atom stereocenters. The fraction of sp³-hybridized carbons (Fsp3) is 0.421. The standard InChI is InChI=1S/C19H22F2N4O3/c1-23-16(9-17(26)24(2)19(23)28)25-7-3-4-12(11-25)18(27)22-10-13-8-14(20)5-6-15(13)21/h5-6,8-9,12H,3-4,7,10-11H2,1-2H3,(H,22,27). The molecule has 0 radical (unpaired) electrons. The first kappa shape index (κ1) is 19.8. The van der Waals surface area contributed by atoms with Crippen LogP contribution in [0.4, 0.5) is 14.6 Å². The number of rotatable bonds is 4. The molecule has 1 aromatic carbocycles. The minimum absolute atomic E-state index is 0.0787. The Labute approximate surface area is 160 Å². The van der Waals surface area contributed by atoms with Crippen LogP contribution in [0.15, 0.2) is 33.9 Å². The third kappa shape index (κ3) is 3.97. The molecular formula is C19H22F2N4O3. The molecule has 1 saturated heterocycles. The molecule has 0 spiro atoms. The van der Waals surface area contributed by atoms with Gasteiger partial charge in [0.05, 0.1) is 5.92 Å². The normalized spacial score (nSPS) is 16.9. The summed E-state index contributed by atoms with van der Waals surface area (Å²) in [4.78, 5) is 38.5. The van der Waals surface area contributed by atoms with E-state index in [4.69, 9.17) is 0 Å². The molecular weight excluding hydrogens is 370 g/mol. The van der Waals surface area contributed by atoms with Gasteiger partial charge in [-0.05, 0) is 31.0 Å². The highest BCUT2D eigenvalue weighted by molar-refractivity contribution is 5.79. The fourth-order valence-corrected chi connectivity index (χ4v) is 3.43. The quantitative estimate of drug-likeness (QED) is 0.839. The number of carbonyl (C=O) groups is 1. The van der Waals surface area contributed by atoms with Gasteiger partial charge >= 0.3 is 5.69 Å². The zero-order chi connectivity index (χ0) is 20.4. The van der Waals surface area contributed by atoms with E-state index >= 15 is 0 Å². The number of amides is 1. The molecule has 7 nitrogen and oxygen atoms in total. The van der Waals surface area contributed by atoms with Gasteiger partial charge in [0, 0.05) is 45.4 Å². The average molecular weight is 392 g/mol. The molecule has 28 heavy (non-hydrogen) atoms. The van der Waals surface area contributed by atoms with Gasteiger partial charge in [-0.2, -0.15) is 0 Å². The van der Waals surface area contributed by atoms with Gasteiger partial charge in [-0.15, -0.1) is 0 Å². The molecule has 1 unspecified atom stereocenters. The monoisotopic (exact) mass is 392 g/mol. The van der Waals surface area contributed by atoms with Crippen LogP contribution in [0.5, 0.6) is 0 Å². The number of nitrogens with zero attached hydrogens (tertiary/aromatic N) is 3. The predicted molar refractivity (Wildman–Crippen MR) is 100 cm³/mol. The highest BCUT2D eigenvalue weighted by Crippen LogP contribution is 2.21. The number of hydrogen-bond acceptors (Lipinski definition) is 4. The van der Waals surface area contributed by atoms with Crippen molar-refractivity contribution in [2.24, 2.45) is 20.0 Å². The van der Waals surface area contributed by atoms with Gasteiger partial charge in [-0.1, -0.05) is 0 Å². The smallest absolute Gasteiger partial charge is 0.332 e. The van der Waals surface area contributed by atoms with E-state index in [1.54, 1.807) is 7.05 Å². The summed E-state index contributed by atoms with van der Waals surface area (Å²) in [5, 5.41) is 2.65. The van der Waals surface area contributed by atoms with Crippen molar-refractivity contribution in [2.45, 2.75) is 19.4 Å². The molecule has 0 bridgehead atoms. The van der Waals surface area contributed by atoms with Gasteiger partial charge in [0.2, 0.25) is 5.91 Å². The highest BCUT2D eigenvalue weighted by Gasteiger charge is 2.27. The summed E-state index contributed by atoms with van der Waals surface area (Å²) in [6, 6.07) is 4.48. The number of aromatic nitrogens is 2. The third-order valence-electron chi connectivity index (χ3n) is 5.08. The Kier molecular flexibility index (Phi) is 5.62. The Balaban J connectivity index is 1.71. The van der Waals surface area contributed by atoms with Crippen molar-refractivity contribution >= 4 is 11.7 Å². The van der Waals surface area contributed by atoms with E-state index in [9.17, 15) is 23.2 Å². The van der Waals surface area contributed by atoms with Crippen molar-refractivity contribution in [1.29, 1.82) is 0 Å². The Hall–Kier alpha value is -2.97. The zero-order valence-corrected chi connectivity index (χ0v) is 15.7. The van der Waals surface area contributed by atoms with Crippen molar-refractivity contribution in [3.05, 3.63) is 62.3 Å². The number of benzene rings is 1. The molecule has 150 valence electrons. The Morgan fingerprint density at radius 2 is 1.93 bits per heavy atom. The molecule has 0 saturated carbocycles. The molecule has 1 aliphatic rings. The topological polar surface area (TPSA) is 76.3 Å². The lowest BCUT2D eigenvalue weighted by atomic mass is 9.97. The molecule has 1 amide bonds. The first-order valence-electron chi connectivity index (χ1n) is 9.01. The summed E-state index contributed by atoms with van der Waals surface area (Å²) in [6.07, 6.45) is 1.34. The lowest BCUT2D eigenvalue weighted by Gasteiger charge is -2.34. The fourth-order valence-electron chi connectivity index (χ4n) is 3.43. The summed E-state index contributed by atoms with van der Waals surface area (Å²) < 4.78 is 29.4. The number of nitrogens with one attached hydrogen (secondary N) is 1. The van der Waals surface area contributed by atoms with E-state index in [-0.39, 0.29) is 23.9 Å². The Bertz CT molecular complexity index is 1020. The zero-order valence-electron chi connectivity index (χ0n) is 15.7. The molecule has 3 rings (SSSR count). The molecule has 2 aromatic rings. The minimum atomic E-state index is -0.581. The second-order valence-electron chi connectivity index (χ2n) is 6.98. The maximum absolute atomic E-state index is 13.7. The first-order chi connectivity index (χ1) is 13.3. The van der Waals surface area contributed by atoms with Gasteiger partial charge in [0.1, 0.15) is 17.5 Å². The number of halogens is 2. The number of hydrogen-bond donors (Lipinski definition) is 1. The SMILES string of the molecule is Cn1c(N2CCCC(C(=O)NCc3cc(F)ccc3F)C2)cc(=O)n(C)c1=O. The van der Waals surface area contributed by atoms with Crippen molar-refractivity contribution in [3.63, 3.8) is 0 Å². The number of piperidine rings is 1. The van der Waals surface area contributed by atoms with Crippen LogP contribution in [0, 0.1) is 17.6 Å². The largest absolute Gasteiger partial charge is 0.357 e. The number of anilines is 1. The Morgan fingerprint density at radius 3 is 2.68 bits per heavy atom. The molecule has 1 fully saturated rings. The summed E-state index contributed by atoms with van der Waals surface area (Å²) in [7, 11) is 2.99. The summed E-state index contributed by atoms with van der Waals surface area (Å²) in [5.74, 6) is -1.35.